The largest absolute Gasteiger partial charge is 0.304 e. The fourth-order valence-electron chi connectivity index (χ4n) is 1.76. The molecule has 0 aliphatic rings. The third kappa shape index (κ3) is 3.13. The molecule has 2 rings (SSSR count). The minimum absolute atomic E-state index is 0.0697. The molecule has 4 nitrogen and oxygen atoms in total. The van der Waals surface area contributed by atoms with Gasteiger partial charge in [-0.1, -0.05) is 24.6 Å². The highest BCUT2D eigenvalue weighted by Crippen LogP contribution is 2.31. The number of aromatic amines is 1. The van der Waals surface area contributed by atoms with Crippen molar-refractivity contribution in [2.45, 2.75) is 19.4 Å². The van der Waals surface area contributed by atoms with Gasteiger partial charge in [0.1, 0.15) is 18.0 Å². The molecular weight excluding hydrogens is 335 g/mol. The van der Waals surface area contributed by atoms with Gasteiger partial charge in [-0.25, -0.2) is 9.37 Å². The summed E-state index contributed by atoms with van der Waals surface area (Å²) < 4.78 is 14.8. The first-order valence-electron chi connectivity index (χ1n) is 5.87. The van der Waals surface area contributed by atoms with Gasteiger partial charge >= 0.3 is 0 Å². The third-order valence-electron chi connectivity index (χ3n) is 2.68. The number of H-pyrrole nitrogens is 1. The summed E-state index contributed by atoms with van der Waals surface area (Å²) in [7, 11) is 0. The van der Waals surface area contributed by atoms with E-state index in [4.69, 9.17) is 11.6 Å². The van der Waals surface area contributed by atoms with Gasteiger partial charge in [0.25, 0.3) is 0 Å². The molecule has 1 heterocycles. The maximum absolute atomic E-state index is 14.3. The average molecular weight is 348 g/mol. The van der Waals surface area contributed by atoms with Crippen LogP contribution in [0.4, 0.5) is 4.39 Å². The van der Waals surface area contributed by atoms with Crippen LogP contribution in [-0.2, 0) is 0 Å². The van der Waals surface area contributed by atoms with Crippen molar-refractivity contribution in [2.24, 2.45) is 0 Å². The number of halogens is 3. The number of aromatic nitrogens is 3. The minimum atomic E-state index is -0.457. The molecule has 1 aromatic heterocycles. The molecule has 0 aliphatic carbocycles. The fourth-order valence-corrected chi connectivity index (χ4v) is 2.24. The molecule has 0 bridgehead atoms. The lowest BCUT2D eigenvalue weighted by atomic mass is 10.1. The van der Waals surface area contributed by atoms with Crippen LogP contribution in [0, 0.1) is 5.82 Å². The molecular formula is C12H13BrClFN4. The molecule has 0 amide bonds. The summed E-state index contributed by atoms with van der Waals surface area (Å²) in [5, 5.41) is 9.86. The van der Waals surface area contributed by atoms with Gasteiger partial charge < -0.3 is 5.32 Å². The Bertz CT molecular complexity index is 547. The van der Waals surface area contributed by atoms with Gasteiger partial charge in [0.2, 0.25) is 0 Å². The van der Waals surface area contributed by atoms with Gasteiger partial charge in [0.05, 0.1) is 11.1 Å². The molecule has 19 heavy (non-hydrogen) atoms. The van der Waals surface area contributed by atoms with Crippen molar-refractivity contribution in [2.75, 3.05) is 6.54 Å². The average Bonchev–Trinajstić information content (AvgIpc) is 2.92. The lowest BCUT2D eigenvalue weighted by Crippen LogP contribution is -2.25. The van der Waals surface area contributed by atoms with Crippen LogP contribution in [0.15, 0.2) is 22.9 Å². The van der Waals surface area contributed by atoms with Crippen molar-refractivity contribution in [1.29, 1.82) is 0 Å². The van der Waals surface area contributed by atoms with Gasteiger partial charge in [0.15, 0.2) is 0 Å². The van der Waals surface area contributed by atoms with E-state index >= 15 is 0 Å². The standard InChI is InChI=1S/C12H13BrClFN4/c1-2-5-16-11(12-17-6-18-19-12)7-3-4-8(13)9(14)10(7)15/h3-4,6,11,16H,2,5H2,1H3,(H,17,18,19). The number of nitrogens with zero attached hydrogens (tertiary/aromatic N) is 2. The van der Waals surface area contributed by atoms with Crippen molar-refractivity contribution >= 4 is 27.5 Å². The van der Waals surface area contributed by atoms with E-state index in [2.05, 4.69) is 36.4 Å². The maximum atomic E-state index is 14.3. The van der Waals surface area contributed by atoms with Gasteiger partial charge in [-0.15, -0.1) is 0 Å². The number of nitrogens with one attached hydrogen (secondary N) is 2. The van der Waals surface area contributed by atoms with Gasteiger partial charge in [0, 0.05) is 10.0 Å². The molecule has 0 saturated heterocycles. The Morgan fingerprint density at radius 2 is 2.32 bits per heavy atom. The molecule has 2 N–H and O–H groups in total. The first-order valence-corrected chi connectivity index (χ1v) is 7.04. The first kappa shape index (κ1) is 14.4. The minimum Gasteiger partial charge on any atom is -0.304 e. The van der Waals surface area contributed by atoms with E-state index in [-0.39, 0.29) is 5.02 Å². The summed E-state index contributed by atoms with van der Waals surface area (Å²) in [5.41, 5.74) is 0.443. The topological polar surface area (TPSA) is 53.6 Å². The van der Waals surface area contributed by atoms with E-state index in [1.165, 1.54) is 6.33 Å². The van der Waals surface area contributed by atoms with Gasteiger partial charge in [-0.3, -0.25) is 5.10 Å². The summed E-state index contributed by atoms with van der Waals surface area (Å²) in [6.45, 7) is 2.77. The number of benzene rings is 1. The fraction of sp³-hybridized carbons (Fsp3) is 0.333. The first-order chi connectivity index (χ1) is 9.15. The highest BCUT2D eigenvalue weighted by molar-refractivity contribution is 9.10. The Kier molecular flexibility index (Phi) is 4.90. The van der Waals surface area contributed by atoms with E-state index in [1.807, 2.05) is 6.92 Å². The lowest BCUT2D eigenvalue weighted by Gasteiger charge is -2.18. The Labute approximate surface area is 123 Å². The van der Waals surface area contributed by atoms with Crippen molar-refractivity contribution in [3.63, 3.8) is 0 Å². The molecule has 0 radical (unpaired) electrons. The highest BCUT2D eigenvalue weighted by atomic mass is 79.9. The van der Waals surface area contributed by atoms with Crippen LogP contribution in [0.3, 0.4) is 0 Å². The van der Waals surface area contributed by atoms with E-state index in [9.17, 15) is 4.39 Å². The van der Waals surface area contributed by atoms with Crippen molar-refractivity contribution in [3.05, 3.63) is 45.2 Å². The van der Waals surface area contributed by atoms with Gasteiger partial charge in [-0.2, -0.15) is 5.10 Å². The van der Waals surface area contributed by atoms with Crippen molar-refractivity contribution < 1.29 is 4.39 Å². The summed E-state index contributed by atoms with van der Waals surface area (Å²) in [6, 6.07) is 3.01. The van der Waals surface area contributed by atoms with Crippen LogP contribution in [0.25, 0.3) is 0 Å². The van der Waals surface area contributed by atoms with E-state index < -0.39 is 11.9 Å². The zero-order valence-electron chi connectivity index (χ0n) is 10.3. The van der Waals surface area contributed by atoms with Crippen LogP contribution in [0.1, 0.15) is 30.8 Å². The van der Waals surface area contributed by atoms with E-state index in [1.54, 1.807) is 12.1 Å². The second-order valence-electron chi connectivity index (χ2n) is 4.02. The molecule has 2 aromatic rings. The molecule has 0 aliphatic heterocycles. The molecule has 7 heteroatoms. The third-order valence-corrected chi connectivity index (χ3v) is 3.94. The second kappa shape index (κ2) is 6.45. The highest BCUT2D eigenvalue weighted by Gasteiger charge is 2.22. The van der Waals surface area contributed by atoms with E-state index in [0.29, 0.717) is 15.9 Å². The predicted molar refractivity (Wildman–Crippen MR) is 75.6 cm³/mol. The number of rotatable bonds is 5. The molecule has 0 fully saturated rings. The second-order valence-corrected chi connectivity index (χ2v) is 5.25. The predicted octanol–water partition coefficient (Wildman–Crippen LogP) is 3.45. The Morgan fingerprint density at radius 1 is 1.53 bits per heavy atom. The van der Waals surface area contributed by atoms with Crippen LogP contribution >= 0.6 is 27.5 Å². The summed E-state index contributed by atoms with van der Waals surface area (Å²) in [4.78, 5) is 4.09. The molecule has 1 atom stereocenters. The SMILES string of the molecule is CCCNC(c1ncn[nH]1)c1ccc(Br)c(Cl)c1F. The molecule has 0 spiro atoms. The monoisotopic (exact) mass is 346 g/mol. The van der Waals surface area contributed by atoms with Gasteiger partial charge in [-0.05, 0) is 35.0 Å². The van der Waals surface area contributed by atoms with Crippen LogP contribution < -0.4 is 5.32 Å². The molecule has 0 saturated carbocycles. The number of hydrogen-bond acceptors (Lipinski definition) is 3. The lowest BCUT2D eigenvalue weighted by molar-refractivity contribution is 0.531. The summed E-state index contributed by atoms with van der Waals surface area (Å²) in [5.74, 6) is 0.104. The molecule has 1 aromatic carbocycles. The van der Waals surface area contributed by atoms with Crippen LogP contribution in [0.2, 0.25) is 5.02 Å². The molecule has 1 unspecified atom stereocenters. The summed E-state index contributed by atoms with van der Waals surface area (Å²) in [6.07, 6.45) is 2.32. The van der Waals surface area contributed by atoms with Crippen molar-refractivity contribution in [1.82, 2.24) is 20.5 Å². The zero-order chi connectivity index (χ0) is 13.8. The van der Waals surface area contributed by atoms with Crippen LogP contribution in [0.5, 0.6) is 0 Å². The quantitative estimate of drug-likeness (QED) is 0.815. The Hall–Kier alpha value is -0.980. The maximum Gasteiger partial charge on any atom is 0.148 e. The smallest absolute Gasteiger partial charge is 0.148 e. The van der Waals surface area contributed by atoms with E-state index in [0.717, 1.165) is 13.0 Å². The van der Waals surface area contributed by atoms with Crippen LogP contribution in [-0.4, -0.2) is 21.7 Å². The Balaban J connectivity index is 2.41. The Morgan fingerprint density at radius 3 is 2.95 bits per heavy atom. The number of hydrogen-bond donors (Lipinski definition) is 2. The summed E-state index contributed by atoms with van der Waals surface area (Å²) >= 11 is 9.13. The van der Waals surface area contributed by atoms with Crippen molar-refractivity contribution in [3.8, 4) is 0 Å². The normalized spacial score (nSPS) is 12.6. The zero-order valence-corrected chi connectivity index (χ0v) is 12.6. The molecule has 102 valence electrons.